The molecule has 2 aromatic rings. The Kier molecular flexibility index (Phi) is 5.17. The van der Waals surface area contributed by atoms with Gasteiger partial charge in [-0.2, -0.15) is 0 Å². The number of fused-ring (bicyclic) bond motifs is 1. The number of esters is 1. The van der Waals surface area contributed by atoms with Crippen LogP contribution >= 0.6 is 0 Å². The van der Waals surface area contributed by atoms with Gasteiger partial charge in [-0.1, -0.05) is 30.3 Å². The molecule has 4 nitrogen and oxygen atoms in total. The quantitative estimate of drug-likeness (QED) is 0.819. The highest BCUT2D eigenvalue weighted by molar-refractivity contribution is 5.76. The van der Waals surface area contributed by atoms with Crippen LogP contribution < -0.4 is 10.1 Å². The number of carbonyl (C=O) groups is 1. The summed E-state index contributed by atoms with van der Waals surface area (Å²) in [7, 11) is 1.66. The molecule has 0 radical (unpaired) electrons. The molecule has 2 aromatic carbocycles. The lowest BCUT2D eigenvalue weighted by atomic mass is 9.82. The first-order valence-corrected chi connectivity index (χ1v) is 9.87. The van der Waals surface area contributed by atoms with Crippen molar-refractivity contribution in [2.24, 2.45) is 5.92 Å². The van der Waals surface area contributed by atoms with Crippen LogP contribution in [0.1, 0.15) is 47.6 Å². The monoisotopic (exact) mass is 365 g/mol. The third kappa shape index (κ3) is 3.46. The van der Waals surface area contributed by atoms with E-state index in [9.17, 15) is 4.79 Å². The van der Waals surface area contributed by atoms with Crippen molar-refractivity contribution in [2.75, 3.05) is 20.3 Å². The molecule has 142 valence electrons. The Labute approximate surface area is 160 Å². The van der Waals surface area contributed by atoms with E-state index in [-0.39, 0.29) is 23.8 Å². The topological polar surface area (TPSA) is 47.6 Å². The maximum absolute atomic E-state index is 12.9. The van der Waals surface area contributed by atoms with Crippen molar-refractivity contribution >= 4 is 5.97 Å². The minimum atomic E-state index is -0.224. The van der Waals surface area contributed by atoms with Crippen LogP contribution in [0.2, 0.25) is 0 Å². The molecule has 1 N–H and O–H groups in total. The van der Waals surface area contributed by atoms with Gasteiger partial charge < -0.3 is 14.8 Å². The lowest BCUT2D eigenvalue weighted by Crippen LogP contribution is -2.27. The summed E-state index contributed by atoms with van der Waals surface area (Å²) in [6, 6.07) is 14.7. The zero-order chi connectivity index (χ0) is 18.8. The van der Waals surface area contributed by atoms with Gasteiger partial charge in [0.2, 0.25) is 0 Å². The predicted molar refractivity (Wildman–Crippen MR) is 105 cm³/mol. The van der Waals surface area contributed by atoms with E-state index in [1.54, 1.807) is 7.11 Å². The van der Waals surface area contributed by atoms with E-state index in [1.165, 1.54) is 29.5 Å². The number of hydrogen-bond acceptors (Lipinski definition) is 4. The minimum Gasteiger partial charge on any atom is -0.497 e. The fraction of sp³-hybridized carbons (Fsp3) is 0.435. The van der Waals surface area contributed by atoms with Crippen molar-refractivity contribution in [1.29, 1.82) is 0 Å². The van der Waals surface area contributed by atoms with Crippen molar-refractivity contribution in [3.05, 3.63) is 64.7 Å². The molecule has 2 aliphatic rings. The predicted octanol–water partition coefficient (Wildman–Crippen LogP) is 3.79. The van der Waals surface area contributed by atoms with Crippen LogP contribution in [-0.2, 0) is 22.4 Å². The van der Waals surface area contributed by atoms with E-state index in [0.29, 0.717) is 6.61 Å². The molecule has 0 spiro atoms. The molecule has 1 aliphatic heterocycles. The molecule has 4 heteroatoms. The van der Waals surface area contributed by atoms with Gasteiger partial charge in [0, 0.05) is 18.5 Å². The molecule has 1 fully saturated rings. The van der Waals surface area contributed by atoms with Crippen LogP contribution in [0.3, 0.4) is 0 Å². The number of benzene rings is 2. The lowest BCUT2D eigenvalue weighted by molar-refractivity contribution is -0.148. The summed E-state index contributed by atoms with van der Waals surface area (Å²) >= 11 is 0. The smallest absolute Gasteiger partial charge is 0.311 e. The highest BCUT2D eigenvalue weighted by Gasteiger charge is 2.43. The molecular weight excluding hydrogens is 338 g/mol. The standard InChI is InChI=1S/C23H27NO3/c1-3-27-23(25)21-20(18-8-7-15-5-4-6-17(15)13-18)14-24-22(21)16-9-11-19(26-2)12-10-16/h7-13,20-22,24H,3-6,14H2,1-2H3/t20-,21-,22+/m1/s1. The van der Waals surface area contributed by atoms with Gasteiger partial charge in [0.15, 0.2) is 0 Å². The Morgan fingerprint density at radius 1 is 1.07 bits per heavy atom. The fourth-order valence-electron chi connectivity index (χ4n) is 4.56. The van der Waals surface area contributed by atoms with E-state index < -0.39 is 0 Å². The first-order chi connectivity index (χ1) is 13.2. The maximum Gasteiger partial charge on any atom is 0.311 e. The summed E-state index contributed by atoms with van der Waals surface area (Å²) in [5, 5.41) is 3.57. The molecular formula is C23H27NO3. The third-order valence-corrected chi connectivity index (χ3v) is 5.93. The van der Waals surface area contributed by atoms with Gasteiger partial charge in [0.1, 0.15) is 5.75 Å². The van der Waals surface area contributed by atoms with Gasteiger partial charge >= 0.3 is 5.97 Å². The third-order valence-electron chi connectivity index (χ3n) is 5.93. The summed E-state index contributed by atoms with van der Waals surface area (Å²) in [5.41, 5.74) is 5.25. The van der Waals surface area contributed by atoms with Crippen LogP contribution in [0.5, 0.6) is 5.75 Å². The largest absolute Gasteiger partial charge is 0.497 e. The SMILES string of the molecule is CCOC(=O)[C@@H]1[C@@H](c2ccc3c(c2)CCC3)CN[C@H]1c1ccc(OC)cc1. The second-order valence-corrected chi connectivity index (χ2v) is 7.43. The first kappa shape index (κ1) is 18.1. The Hall–Kier alpha value is -2.33. The van der Waals surface area contributed by atoms with Crippen molar-refractivity contribution in [3.63, 3.8) is 0 Å². The molecule has 1 aliphatic carbocycles. The molecule has 27 heavy (non-hydrogen) atoms. The molecule has 1 heterocycles. The maximum atomic E-state index is 12.9. The van der Waals surface area contributed by atoms with Gasteiger partial charge in [-0.3, -0.25) is 4.79 Å². The van der Waals surface area contributed by atoms with Crippen LogP contribution in [0.15, 0.2) is 42.5 Å². The van der Waals surface area contributed by atoms with Gasteiger partial charge in [0.05, 0.1) is 19.6 Å². The number of rotatable bonds is 5. The molecule has 0 saturated carbocycles. The normalized spacial score (nSPS) is 23.9. The van der Waals surface area contributed by atoms with Gasteiger partial charge in [-0.05, 0) is 60.6 Å². The molecule has 0 aromatic heterocycles. The summed E-state index contributed by atoms with van der Waals surface area (Å²) in [4.78, 5) is 12.9. The summed E-state index contributed by atoms with van der Waals surface area (Å²) in [6.07, 6.45) is 3.56. The summed E-state index contributed by atoms with van der Waals surface area (Å²) in [6.45, 7) is 3.05. The Bertz CT molecular complexity index is 815. The van der Waals surface area contributed by atoms with Crippen molar-refractivity contribution in [1.82, 2.24) is 5.32 Å². The van der Waals surface area contributed by atoms with E-state index in [0.717, 1.165) is 24.3 Å². The fourth-order valence-corrected chi connectivity index (χ4v) is 4.56. The number of methoxy groups -OCH3 is 1. The first-order valence-electron chi connectivity index (χ1n) is 9.87. The van der Waals surface area contributed by atoms with Gasteiger partial charge in [-0.15, -0.1) is 0 Å². The molecule has 0 bridgehead atoms. The number of ether oxygens (including phenoxy) is 2. The van der Waals surface area contributed by atoms with E-state index >= 15 is 0 Å². The summed E-state index contributed by atoms with van der Waals surface area (Å²) in [5.74, 6) is 0.605. The highest BCUT2D eigenvalue weighted by atomic mass is 16.5. The van der Waals surface area contributed by atoms with Crippen LogP contribution in [0, 0.1) is 5.92 Å². The number of nitrogens with one attached hydrogen (secondary N) is 1. The van der Waals surface area contributed by atoms with Crippen LogP contribution in [0.4, 0.5) is 0 Å². The van der Waals surface area contributed by atoms with E-state index in [4.69, 9.17) is 9.47 Å². The number of hydrogen-bond donors (Lipinski definition) is 1. The van der Waals surface area contributed by atoms with Crippen LogP contribution in [-0.4, -0.2) is 26.2 Å². The average molecular weight is 365 g/mol. The van der Waals surface area contributed by atoms with Gasteiger partial charge in [-0.25, -0.2) is 0 Å². The Morgan fingerprint density at radius 3 is 2.56 bits per heavy atom. The molecule has 0 unspecified atom stereocenters. The van der Waals surface area contributed by atoms with Crippen molar-refractivity contribution in [2.45, 2.75) is 38.1 Å². The molecule has 4 rings (SSSR count). The zero-order valence-electron chi connectivity index (χ0n) is 16.0. The second kappa shape index (κ2) is 7.73. The lowest BCUT2D eigenvalue weighted by Gasteiger charge is -2.23. The Balaban J connectivity index is 1.66. The second-order valence-electron chi connectivity index (χ2n) is 7.43. The molecule has 1 saturated heterocycles. The highest BCUT2D eigenvalue weighted by Crippen LogP contribution is 2.41. The number of aryl methyl sites for hydroxylation is 2. The van der Waals surface area contributed by atoms with Crippen molar-refractivity contribution in [3.8, 4) is 5.75 Å². The Morgan fingerprint density at radius 2 is 1.81 bits per heavy atom. The van der Waals surface area contributed by atoms with Crippen molar-refractivity contribution < 1.29 is 14.3 Å². The molecule has 0 amide bonds. The summed E-state index contributed by atoms with van der Waals surface area (Å²) < 4.78 is 10.7. The van der Waals surface area contributed by atoms with Gasteiger partial charge in [0.25, 0.3) is 0 Å². The minimum absolute atomic E-state index is 0.0480. The van der Waals surface area contributed by atoms with E-state index in [2.05, 4.69) is 23.5 Å². The van der Waals surface area contributed by atoms with E-state index in [1.807, 2.05) is 31.2 Å². The average Bonchev–Trinajstić information content (AvgIpc) is 3.34. The zero-order valence-corrected chi connectivity index (χ0v) is 16.0. The molecule has 3 atom stereocenters. The van der Waals surface area contributed by atoms with Crippen LogP contribution in [0.25, 0.3) is 0 Å². The number of carbonyl (C=O) groups excluding carboxylic acids is 1.